The van der Waals surface area contributed by atoms with Crippen molar-refractivity contribution in [2.75, 3.05) is 19.7 Å². The Hall–Kier alpha value is -1.11. The van der Waals surface area contributed by atoms with E-state index in [1.54, 1.807) is 19.1 Å². The summed E-state index contributed by atoms with van der Waals surface area (Å²) in [4.78, 5) is 11.8. The first kappa shape index (κ1) is 17.2. The summed E-state index contributed by atoms with van der Waals surface area (Å²) in [7, 11) is -3.62. The van der Waals surface area contributed by atoms with Crippen molar-refractivity contribution in [3.63, 3.8) is 0 Å². The second kappa shape index (κ2) is 6.98. The minimum atomic E-state index is -3.62. The van der Waals surface area contributed by atoms with Crippen LogP contribution in [0.3, 0.4) is 0 Å². The number of carbonyl (C=O) groups excluding carboxylic acids is 1. The Morgan fingerprint density at radius 1 is 1.36 bits per heavy atom. The predicted octanol–water partition coefficient (Wildman–Crippen LogP) is 2.61. The van der Waals surface area contributed by atoms with E-state index >= 15 is 0 Å². The molecular weight excluding hydrogens is 326 g/mol. The Balaban J connectivity index is 2.11. The van der Waals surface area contributed by atoms with Crippen molar-refractivity contribution >= 4 is 27.6 Å². The van der Waals surface area contributed by atoms with E-state index < -0.39 is 10.0 Å². The summed E-state index contributed by atoms with van der Waals surface area (Å²) in [5, 5.41) is 0.229. The van der Waals surface area contributed by atoms with Gasteiger partial charge >= 0.3 is 5.97 Å². The SMILES string of the molecule is CCOC(=O)C1CCN(S(=O)(=O)c2ccc(C)cc2Cl)CC1. The second-order valence-electron chi connectivity index (χ2n) is 5.36. The number of benzene rings is 1. The lowest BCUT2D eigenvalue weighted by atomic mass is 9.98. The van der Waals surface area contributed by atoms with Gasteiger partial charge in [0, 0.05) is 13.1 Å². The van der Waals surface area contributed by atoms with Gasteiger partial charge in [0.25, 0.3) is 0 Å². The third-order valence-electron chi connectivity index (χ3n) is 3.78. The smallest absolute Gasteiger partial charge is 0.309 e. The van der Waals surface area contributed by atoms with E-state index in [1.807, 2.05) is 6.92 Å². The molecule has 0 radical (unpaired) electrons. The zero-order chi connectivity index (χ0) is 16.3. The molecule has 1 aliphatic heterocycles. The van der Waals surface area contributed by atoms with Gasteiger partial charge in [-0.2, -0.15) is 4.31 Å². The molecule has 1 heterocycles. The molecular formula is C15H20ClNO4S. The molecule has 0 aromatic heterocycles. The molecule has 2 rings (SSSR count). The molecule has 122 valence electrons. The Bertz CT molecular complexity index is 652. The van der Waals surface area contributed by atoms with Gasteiger partial charge in [-0.25, -0.2) is 8.42 Å². The predicted molar refractivity (Wildman–Crippen MR) is 84.3 cm³/mol. The molecule has 0 spiro atoms. The lowest BCUT2D eigenvalue weighted by Gasteiger charge is -2.30. The van der Waals surface area contributed by atoms with Gasteiger partial charge in [0.2, 0.25) is 10.0 Å². The highest BCUT2D eigenvalue weighted by atomic mass is 35.5. The summed E-state index contributed by atoms with van der Waals surface area (Å²) in [5.41, 5.74) is 0.907. The number of esters is 1. The van der Waals surface area contributed by atoms with E-state index in [9.17, 15) is 13.2 Å². The van der Waals surface area contributed by atoms with E-state index in [4.69, 9.17) is 16.3 Å². The zero-order valence-corrected chi connectivity index (χ0v) is 14.3. The highest BCUT2D eigenvalue weighted by Gasteiger charge is 2.33. The second-order valence-corrected chi connectivity index (χ2v) is 7.68. The number of aryl methyl sites for hydroxylation is 1. The van der Waals surface area contributed by atoms with Crippen molar-refractivity contribution in [2.45, 2.75) is 31.6 Å². The Kier molecular flexibility index (Phi) is 5.47. The van der Waals surface area contributed by atoms with Crippen LogP contribution in [0.1, 0.15) is 25.3 Å². The number of ether oxygens (including phenoxy) is 1. The number of nitrogens with zero attached hydrogens (tertiary/aromatic N) is 1. The first-order valence-electron chi connectivity index (χ1n) is 7.29. The number of sulfonamides is 1. The molecule has 0 atom stereocenters. The lowest BCUT2D eigenvalue weighted by molar-refractivity contribution is -0.149. The van der Waals surface area contributed by atoms with Gasteiger partial charge in [-0.05, 0) is 44.4 Å². The largest absolute Gasteiger partial charge is 0.466 e. The van der Waals surface area contributed by atoms with Gasteiger partial charge < -0.3 is 4.74 Å². The minimum Gasteiger partial charge on any atom is -0.466 e. The van der Waals surface area contributed by atoms with Crippen molar-refractivity contribution in [3.8, 4) is 0 Å². The molecule has 1 aromatic carbocycles. The average Bonchev–Trinajstić information content (AvgIpc) is 2.47. The molecule has 22 heavy (non-hydrogen) atoms. The molecule has 0 amide bonds. The van der Waals surface area contributed by atoms with Gasteiger partial charge in [-0.1, -0.05) is 17.7 Å². The summed E-state index contributed by atoms with van der Waals surface area (Å²) in [6.45, 7) is 4.56. The minimum absolute atomic E-state index is 0.120. The van der Waals surface area contributed by atoms with E-state index in [1.165, 1.54) is 10.4 Å². The summed E-state index contributed by atoms with van der Waals surface area (Å²) in [6, 6.07) is 4.90. The molecule has 0 aliphatic carbocycles. The van der Waals surface area contributed by atoms with Crippen LogP contribution in [0, 0.1) is 12.8 Å². The summed E-state index contributed by atoms with van der Waals surface area (Å²) in [6.07, 6.45) is 0.948. The molecule has 0 N–H and O–H groups in total. The fraction of sp³-hybridized carbons (Fsp3) is 0.533. The Morgan fingerprint density at radius 2 is 2.00 bits per heavy atom. The Morgan fingerprint density at radius 3 is 2.55 bits per heavy atom. The molecule has 0 bridgehead atoms. The number of halogens is 1. The summed E-state index contributed by atoms with van der Waals surface area (Å²) in [5.74, 6) is -0.465. The monoisotopic (exact) mass is 345 g/mol. The van der Waals surface area contributed by atoms with Crippen LogP contribution in [-0.2, 0) is 19.6 Å². The van der Waals surface area contributed by atoms with Crippen molar-refractivity contribution in [1.29, 1.82) is 0 Å². The number of hydrogen-bond donors (Lipinski definition) is 0. The number of piperidine rings is 1. The van der Waals surface area contributed by atoms with Crippen LogP contribution < -0.4 is 0 Å². The van der Waals surface area contributed by atoms with E-state index in [0.29, 0.717) is 32.5 Å². The highest BCUT2D eigenvalue weighted by Crippen LogP contribution is 2.29. The van der Waals surface area contributed by atoms with Crippen LogP contribution in [-0.4, -0.2) is 38.4 Å². The van der Waals surface area contributed by atoms with Crippen LogP contribution >= 0.6 is 11.6 Å². The quantitative estimate of drug-likeness (QED) is 0.787. The van der Waals surface area contributed by atoms with E-state index in [-0.39, 0.29) is 21.8 Å². The topological polar surface area (TPSA) is 63.7 Å². The van der Waals surface area contributed by atoms with Crippen molar-refractivity contribution in [1.82, 2.24) is 4.31 Å². The maximum absolute atomic E-state index is 12.6. The van der Waals surface area contributed by atoms with Crippen molar-refractivity contribution in [2.24, 2.45) is 5.92 Å². The number of rotatable bonds is 4. The van der Waals surface area contributed by atoms with Crippen LogP contribution in [0.25, 0.3) is 0 Å². The molecule has 1 aliphatic rings. The Labute approximate surface area is 136 Å². The van der Waals surface area contributed by atoms with Gasteiger partial charge in [-0.15, -0.1) is 0 Å². The zero-order valence-electron chi connectivity index (χ0n) is 12.7. The molecule has 1 fully saturated rings. The molecule has 1 saturated heterocycles. The average molecular weight is 346 g/mol. The van der Waals surface area contributed by atoms with Gasteiger partial charge in [0.15, 0.2) is 0 Å². The third kappa shape index (κ3) is 3.62. The number of carbonyl (C=O) groups is 1. The standard InChI is InChI=1S/C15H20ClNO4S/c1-3-21-15(18)12-6-8-17(9-7-12)22(19,20)14-5-4-11(2)10-13(14)16/h4-5,10,12H,3,6-9H2,1-2H3. The van der Waals surface area contributed by atoms with Gasteiger partial charge in [-0.3, -0.25) is 4.79 Å². The fourth-order valence-corrected chi connectivity index (χ4v) is 4.59. The third-order valence-corrected chi connectivity index (χ3v) is 6.16. The first-order valence-corrected chi connectivity index (χ1v) is 9.11. The maximum Gasteiger partial charge on any atom is 0.309 e. The fourth-order valence-electron chi connectivity index (χ4n) is 2.55. The van der Waals surface area contributed by atoms with Gasteiger partial charge in [0.1, 0.15) is 4.90 Å². The summed E-state index contributed by atoms with van der Waals surface area (Å²) >= 11 is 6.07. The van der Waals surface area contributed by atoms with Crippen LogP contribution in [0.15, 0.2) is 23.1 Å². The van der Waals surface area contributed by atoms with Crippen molar-refractivity contribution in [3.05, 3.63) is 28.8 Å². The lowest BCUT2D eigenvalue weighted by Crippen LogP contribution is -2.40. The maximum atomic E-state index is 12.6. The number of hydrogen-bond acceptors (Lipinski definition) is 4. The summed E-state index contributed by atoms with van der Waals surface area (Å²) < 4.78 is 31.7. The van der Waals surface area contributed by atoms with Gasteiger partial charge in [0.05, 0.1) is 17.5 Å². The van der Waals surface area contributed by atoms with Crippen LogP contribution in [0.4, 0.5) is 0 Å². The normalized spacial score (nSPS) is 17.4. The molecule has 1 aromatic rings. The molecule has 5 nitrogen and oxygen atoms in total. The van der Waals surface area contributed by atoms with E-state index in [0.717, 1.165) is 5.56 Å². The first-order chi connectivity index (χ1) is 10.4. The van der Waals surface area contributed by atoms with E-state index in [2.05, 4.69) is 0 Å². The van der Waals surface area contributed by atoms with Crippen LogP contribution in [0.5, 0.6) is 0 Å². The highest BCUT2D eigenvalue weighted by molar-refractivity contribution is 7.89. The van der Waals surface area contributed by atoms with Crippen molar-refractivity contribution < 1.29 is 17.9 Å². The molecule has 7 heteroatoms. The van der Waals surface area contributed by atoms with Crippen LogP contribution in [0.2, 0.25) is 5.02 Å². The molecule has 0 saturated carbocycles. The molecule has 0 unspecified atom stereocenters.